The fourth-order valence-corrected chi connectivity index (χ4v) is 2.09. The third-order valence-electron chi connectivity index (χ3n) is 2.85. The molecule has 1 N–H and O–H groups in total. The monoisotopic (exact) mass is 316 g/mol. The predicted octanol–water partition coefficient (Wildman–Crippen LogP) is 4.47. The quantitative estimate of drug-likeness (QED) is 0.901. The number of halogens is 4. The first-order chi connectivity index (χ1) is 9.89. The Hall–Kier alpha value is -1.72. The van der Waals surface area contributed by atoms with Crippen LogP contribution in [0, 0.1) is 0 Å². The van der Waals surface area contributed by atoms with E-state index >= 15 is 0 Å². The van der Waals surface area contributed by atoms with E-state index in [0.717, 1.165) is 6.07 Å². The van der Waals surface area contributed by atoms with E-state index in [-0.39, 0.29) is 12.4 Å². The van der Waals surface area contributed by atoms with Crippen molar-refractivity contribution < 1.29 is 23.0 Å². The number of hydrogen-bond acceptors (Lipinski definition) is 2. The van der Waals surface area contributed by atoms with E-state index in [1.54, 1.807) is 24.3 Å². The molecule has 6 heteroatoms. The molecule has 0 spiro atoms. The smallest absolute Gasteiger partial charge is 0.419 e. The molecule has 0 saturated heterocycles. The van der Waals surface area contributed by atoms with E-state index in [2.05, 4.69) is 0 Å². The lowest BCUT2D eigenvalue weighted by Crippen LogP contribution is -2.13. The number of alkyl halides is 3. The maximum absolute atomic E-state index is 12.8. The van der Waals surface area contributed by atoms with Crippen LogP contribution in [0.3, 0.4) is 0 Å². The number of aliphatic hydroxyl groups is 1. The Morgan fingerprint density at radius 1 is 1.05 bits per heavy atom. The molecular formula is C15H12ClF3O2. The molecule has 0 amide bonds. The fourth-order valence-electron chi connectivity index (χ4n) is 1.83. The van der Waals surface area contributed by atoms with Gasteiger partial charge in [-0.1, -0.05) is 41.9 Å². The summed E-state index contributed by atoms with van der Waals surface area (Å²) in [5.41, 5.74) is -0.472. The third-order valence-corrected chi connectivity index (χ3v) is 3.20. The zero-order valence-electron chi connectivity index (χ0n) is 10.8. The topological polar surface area (TPSA) is 29.5 Å². The van der Waals surface area contributed by atoms with Gasteiger partial charge in [-0.15, -0.1) is 0 Å². The zero-order valence-corrected chi connectivity index (χ0v) is 11.5. The number of ether oxygens (including phenoxy) is 1. The van der Waals surface area contributed by atoms with E-state index in [0.29, 0.717) is 10.6 Å². The first-order valence-corrected chi connectivity index (χ1v) is 6.49. The van der Waals surface area contributed by atoms with Gasteiger partial charge in [0.25, 0.3) is 0 Å². The second-order valence-corrected chi connectivity index (χ2v) is 4.75. The molecule has 2 nitrogen and oxygen atoms in total. The van der Waals surface area contributed by atoms with Gasteiger partial charge >= 0.3 is 6.18 Å². The van der Waals surface area contributed by atoms with Crippen LogP contribution in [0.1, 0.15) is 17.2 Å². The lowest BCUT2D eigenvalue weighted by molar-refractivity contribution is -0.139. The van der Waals surface area contributed by atoms with Gasteiger partial charge in [-0.05, 0) is 18.2 Å². The normalized spacial score (nSPS) is 13.0. The van der Waals surface area contributed by atoms with Crippen molar-refractivity contribution in [2.75, 3.05) is 6.61 Å². The van der Waals surface area contributed by atoms with Gasteiger partial charge in [0.1, 0.15) is 18.5 Å². The summed E-state index contributed by atoms with van der Waals surface area (Å²) in [7, 11) is 0. The average molecular weight is 317 g/mol. The fraction of sp³-hybridized carbons (Fsp3) is 0.200. The van der Waals surface area contributed by atoms with Crippen molar-refractivity contribution in [2.24, 2.45) is 0 Å². The van der Waals surface area contributed by atoms with Crippen LogP contribution in [0.2, 0.25) is 5.02 Å². The van der Waals surface area contributed by atoms with Crippen LogP contribution in [0.5, 0.6) is 5.75 Å². The SMILES string of the molecule is OC(COc1ccccc1C(F)(F)F)c1ccccc1Cl. The molecular weight excluding hydrogens is 305 g/mol. The molecule has 21 heavy (non-hydrogen) atoms. The molecule has 2 rings (SSSR count). The molecule has 112 valence electrons. The summed E-state index contributed by atoms with van der Waals surface area (Å²) >= 11 is 5.91. The maximum Gasteiger partial charge on any atom is 0.419 e. The van der Waals surface area contributed by atoms with Crippen molar-refractivity contribution in [1.82, 2.24) is 0 Å². The summed E-state index contributed by atoms with van der Waals surface area (Å²) < 4.78 is 43.5. The van der Waals surface area contributed by atoms with Gasteiger partial charge in [-0.3, -0.25) is 0 Å². The summed E-state index contributed by atoms with van der Waals surface area (Å²) in [6.07, 6.45) is -5.62. The Balaban J connectivity index is 2.12. The first-order valence-electron chi connectivity index (χ1n) is 6.11. The van der Waals surface area contributed by atoms with Gasteiger partial charge < -0.3 is 9.84 Å². The zero-order chi connectivity index (χ0) is 15.5. The van der Waals surface area contributed by atoms with Crippen molar-refractivity contribution in [3.05, 3.63) is 64.7 Å². The summed E-state index contributed by atoms with van der Waals surface area (Å²) in [5.74, 6) is -0.323. The van der Waals surface area contributed by atoms with E-state index in [4.69, 9.17) is 16.3 Å². The van der Waals surface area contributed by atoms with Crippen LogP contribution in [0.25, 0.3) is 0 Å². The highest BCUT2D eigenvalue weighted by atomic mass is 35.5. The van der Waals surface area contributed by atoms with E-state index < -0.39 is 17.8 Å². The minimum atomic E-state index is -4.51. The molecule has 0 bridgehead atoms. The van der Waals surface area contributed by atoms with Crippen LogP contribution in [0.4, 0.5) is 13.2 Å². The Bertz CT molecular complexity index is 614. The molecule has 0 aliphatic carbocycles. The van der Waals surface area contributed by atoms with Crippen molar-refractivity contribution in [2.45, 2.75) is 12.3 Å². The molecule has 0 heterocycles. The van der Waals surface area contributed by atoms with Gasteiger partial charge in [0.15, 0.2) is 0 Å². The van der Waals surface area contributed by atoms with Crippen LogP contribution in [-0.2, 0) is 6.18 Å². The Labute approximate surface area is 124 Å². The number of aliphatic hydroxyl groups excluding tert-OH is 1. The molecule has 2 aromatic carbocycles. The van der Waals surface area contributed by atoms with Crippen LogP contribution < -0.4 is 4.74 Å². The first kappa shape index (κ1) is 15.7. The van der Waals surface area contributed by atoms with E-state index in [1.165, 1.54) is 18.2 Å². The second-order valence-electron chi connectivity index (χ2n) is 4.34. The lowest BCUT2D eigenvalue weighted by Gasteiger charge is -2.17. The summed E-state index contributed by atoms with van der Waals surface area (Å²) in [5, 5.41) is 10.3. The van der Waals surface area contributed by atoms with E-state index in [1.807, 2.05) is 0 Å². The molecule has 1 unspecified atom stereocenters. The van der Waals surface area contributed by atoms with Crippen LogP contribution in [-0.4, -0.2) is 11.7 Å². The molecule has 0 aliphatic heterocycles. The standard InChI is InChI=1S/C15H12ClF3O2/c16-12-7-3-1-5-10(12)13(20)9-21-14-8-4-2-6-11(14)15(17,18)19/h1-8,13,20H,9H2. The lowest BCUT2D eigenvalue weighted by atomic mass is 10.1. The highest BCUT2D eigenvalue weighted by molar-refractivity contribution is 6.31. The Morgan fingerprint density at radius 2 is 1.67 bits per heavy atom. The van der Waals surface area contributed by atoms with Gasteiger partial charge in [-0.2, -0.15) is 13.2 Å². The highest BCUT2D eigenvalue weighted by Gasteiger charge is 2.34. The summed E-state index contributed by atoms with van der Waals surface area (Å²) in [6, 6.07) is 11.4. The number of para-hydroxylation sites is 1. The number of rotatable bonds is 4. The Morgan fingerprint density at radius 3 is 2.33 bits per heavy atom. The molecule has 2 aromatic rings. The molecule has 0 fully saturated rings. The Kier molecular flexibility index (Phi) is 4.75. The summed E-state index contributed by atoms with van der Waals surface area (Å²) in [6.45, 7) is -0.323. The molecule has 1 atom stereocenters. The highest BCUT2D eigenvalue weighted by Crippen LogP contribution is 2.36. The van der Waals surface area contributed by atoms with Gasteiger partial charge in [0.2, 0.25) is 0 Å². The minimum Gasteiger partial charge on any atom is -0.490 e. The predicted molar refractivity (Wildman–Crippen MR) is 73.4 cm³/mol. The molecule has 0 saturated carbocycles. The molecule has 0 aromatic heterocycles. The van der Waals surface area contributed by atoms with Crippen molar-refractivity contribution in [1.29, 1.82) is 0 Å². The van der Waals surface area contributed by atoms with Crippen LogP contribution in [0.15, 0.2) is 48.5 Å². The van der Waals surface area contributed by atoms with Crippen molar-refractivity contribution in [3.63, 3.8) is 0 Å². The van der Waals surface area contributed by atoms with Crippen molar-refractivity contribution in [3.8, 4) is 5.75 Å². The minimum absolute atomic E-state index is 0.323. The van der Waals surface area contributed by atoms with Gasteiger partial charge in [0.05, 0.1) is 5.56 Å². The second kappa shape index (κ2) is 6.37. The van der Waals surface area contributed by atoms with Crippen molar-refractivity contribution >= 4 is 11.6 Å². The molecule has 0 radical (unpaired) electrons. The molecule has 0 aliphatic rings. The van der Waals surface area contributed by atoms with Gasteiger partial charge in [-0.25, -0.2) is 0 Å². The van der Waals surface area contributed by atoms with Crippen LogP contribution >= 0.6 is 11.6 Å². The summed E-state index contributed by atoms with van der Waals surface area (Å²) in [4.78, 5) is 0. The maximum atomic E-state index is 12.8. The van der Waals surface area contributed by atoms with Gasteiger partial charge in [0, 0.05) is 10.6 Å². The average Bonchev–Trinajstić information content (AvgIpc) is 2.44. The number of hydrogen-bond donors (Lipinski definition) is 1. The number of benzene rings is 2. The van der Waals surface area contributed by atoms with E-state index in [9.17, 15) is 18.3 Å². The third kappa shape index (κ3) is 3.89. The largest absolute Gasteiger partial charge is 0.490 e.